The number of hydrogen-bond acceptors (Lipinski definition) is 12. The van der Waals surface area contributed by atoms with Gasteiger partial charge in [0.2, 0.25) is 0 Å². The lowest BCUT2D eigenvalue weighted by Crippen LogP contribution is -2.43. The molecule has 0 bridgehead atoms. The van der Waals surface area contributed by atoms with Gasteiger partial charge >= 0.3 is 23.6 Å². The van der Waals surface area contributed by atoms with E-state index in [0.717, 1.165) is 4.57 Å². The van der Waals surface area contributed by atoms with E-state index in [2.05, 4.69) is 10.5 Å². The number of hydrogen-bond donors (Lipinski definition) is 3. The SMILES string of the molecule is CC(C)[C@H](N)C(=O)ONc1ccn([C@@H]2OC(CO)[C@H]3OC(=O)c4ccccc4C(=O)O[C@H]32)c(=O)n1. The van der Waals surface area contributed by atoms with E-state index in [9.17, 15) is 24.3 Å². The molecule has 0 saturated carbocycles. The molecule has 4 N–H and O–H groups in total. The minimum atomic E-state index is -1.26. The van der Waals surface area contributed by atoms with Gasteiger partial charge in [0.15, 0.2) is 24.3 Å². The lowest BCUT2D eigenvalue weighted by atomic mass is 10.0. The second-order valence-corrected chi connectivity index (χ2v) is 8.33. The molecule has 5 atom stereocenters. The molecule has 0 amide bonds. The summed E-state index contributed by atoms with van der Waals surface area (Å²) in [5.74, 6) is -2.58. The van der Waals surface area contributed by atoms with Crippen LogP contribution in [-0.2, 0) is 23.8 Å². The lowest BCUT2D eigenvalue weighted by molar-refractivity contribution is -0.143. The predicted octanol–water partition coefficient (Wildman–Crippen LogP) is -0.249. The summed E-state index contributed by atoms with van der Waals surface area (Å²) in [6.07, 6.45) is -3.51. The summed E-state index contributed by atoms with van der Waals surface area (Å²) in [5, 5.41) is 9.77. The fourth-order valence-electron chi connectivity index (χ4n) is 3.67. The summed E-state index contributed by atoms with van der Waals surface area (Å²) in [6.45, 7) is 2.92. The molecule has 3 heterocycles. The zero-order valence-corrected chi connectivity index (χ0v) is 18.8. The van der Waals surface area contributed by atoms with Crippen LogP contribution in [-0.4, -0.2) is 63.5 Å². The topological polar surface area (TPSA) is 181 Å². The van der Waals surface area contributed by atoms with E-state index in [1.807, 2.05) is 0 Å². The van der Waals surface area contributed by atoms with Crippen LogP contribution >= 0.6 is 0 Å². The first-order valence-corrected chi connectivity index (χ1v) is 10.8. The number of nitrogens with one attached hydrogen (secondary N) is 1. The van der Waals surface area contributed by atoms with Gasteiger partial charge in [0.25, 0.3) is 0 Å². The molecule has 4 rings (SSSR count). The number of esters is 2. The van der Waals surface area contributed by atoms with Crippen LogP contribution in [0.5, 0.6) is 0 Å². The number of benzene rings is 1. The molecule has 0 spiro atoms. The van der Waals surface area contributed by atoms with Crippen molar-refractivity contribution in [2.45, 2.75) is 44.4 Å². The van der Waals surface area contributed by atoms with E-state index >= 15 is 0 Å². The molecule has 1 aromatic heterocycles. The fraction of sp³-hybridized carbons (Fsp3) is 0.409. The van der Waals surface area contributed by atoms with Crippen LogP contribution in [0.25, 0.3) is 0 Å². The minimum Gasteiger partial charge on any atom is -0.452 e. The average Bonchev–Trinajstić information content (AvgIpc) is 3.17. The third kappa shape index (κ3) is 4.73. The third-order valence-corrected chi connectivity index (χ3v) is 5.67. The van der Waals surface area contributed by atoms with Crippen LogP contribution in [0.4, 0.5) is 5.82 Å². The van der Waals surface area contributed by atoms with Gasteiger partial charge in [0.05, 0.1) is 17.7 Å². The number of nitrogens with two attached hydrogens (primary N) is 1. The molecule has 1 fully saturated rings. The van der Waals surface area contributed by atoms with Gasteiger partial charge < -0.3 is 29.9 Å². The smallest absolute Gasteiger partial charge is 0.351 e. The van der Waals surface area contributed by atoms with Crippen molar-refractivity contribution in [3.05, 3.63) is 58.1 Å². The standard InChI is InChI=1S/C22H24N4O9/c1-10(2)15(23)21(30)35-25-14-7-8-26(22(31)24-14)18-17-16(13(9-27)32-18)33-19(28)11-5-3-4-6-12(11)20(29)34-17/h3-8,10,13,15-18,27H,9,23H2,1-2H3,(H,24,25,31)/t13?,15-,16+,17+,18+/m0/s1. The second kappa shape index (κ2) is 9.82. The van der Waals surface area contributed by atoms with Crippen molar-refractivity contribution in [2.24, 2.45) is 11.7 Å². The Morgan fingerprint density at radius 1 is 1.14 bits per heavy atom. The van der Waals surface area contributed by atoms with E-state index in [1.165, 1.54) is 24.4 Å². The maximum absolute atomic E-state index is 12.8. The highest BCUT2D eigenvalue weighted by atomic mass is 16.7. The lowest BCUT2D eigenvalue weighted by Gasteiger charge is -2.27. The highest BCUT2D eigenvalue weighted by Gasteiger charge is 2.52. The Hall–Kier alpha value is -3.81. The zero-order chi connectivity index (χ0) is 25.3. The molecular formula is C22H24N4O9. The van der Waals surface area contributed by atoms with Gasteiger partial charge in [-0.1, -0.05) is 26.0 Å². The Morgan fingerprint density at radius 3 is 2.34 bits per heavy atom. The Kier molecular flexibility index (Phi) is 6.82. The highest BCUT2D eigenvalue weighted by Crippen LogP contribution is 2.35. The number of rotatable bonds is 6. The van der Waals surface area contributed by atoms with Crippen LogP contribution in [0.15, 0.2) is 41.3 Å². The van der Waals surface area contributed by atoms with Crippen molar-refractivity contribution in [3.8, 4) is 0 Å². The molecule has 1 aromatic carbocycles. The molecule has 2 aliphatic heterocycles. The number of ether oxygens (including phenoxy) is 3. The van der Waals surface area contributed by atoms with Crippen molar-refractivity contribution >= 4 is 23.7 Å². The number of anilines is 1. The molecule has 2 aliphatic rings. The number of carbonyl (C=O) groups excluding carboxylic acids is 3. The van der Waals surface area contributed by atoms with Gasteiger partial charge in [-0.25, -0.2) is 24.7 Å². The van der Waals surface area contributed by atoms with Crippen LogP contribution < -0.4 is 16.9 Å². The normalized spacial score (nSPS) is 24.4. The Labute approximate surface area is 198 Å². The quantitative estimate of drug-likeness (QED) is 0.276. The molecule has 0 aliphatic carbocycles. The summed E-state index contributed by atoms with van der Waals surface area (Å²) in [7, 11) is 0. The van der Waals surface area contributed by atoms with E-state index in [-0.39, 0.29) is 22.9 Å². The second-order valence-electron chi connectivity index (χ2n) is 8.33. The molecule has 1 unspecified atom stereocenters. The summed E-state index contributed by atoms with van der Waals surface area (Å²) in [5.41, 5.74) is 7.13. The van der Waals surface area contributed by atoms with Crippen molar-refractivity contribution in [2.75, 3.05) is 12.1 Å². The van der Waals surface area contributed by atoms with Crippen molar-refractivity contribution in [1.29, 1.82) is 0 Å². The first-order valence-electron chi connectivity index (χ1n) is 10.8. The molecule has 2 aromatic rings. The van der Waals surface area contributed by atoms with Gasteiger partial charge in [-0.15, -0.1) is 0 Å². The molecule has 35 heavy (non-hydrogen) atoms. The zero-order valence-electron chi connectivity index (χ0n) is 18.8. The first kappa shape index (κ1) is 24.3. The average molecular weight is 488 g/mol. The van der Waals surface area contributed by atoms with E-state index in [4.69, 9.17) is 24.8 Å². The molecule has 0 radical (unpaired) electrons. The van der Waals surface area contributed by atoms with Gasteiger partial charge in [-0.2, -0.15) is 4.98 Å². The van der Waals surface area contributed by atoms with Gasteiger partial charge in [0, 0.05) is 12.3 Å². The molecular weight excluding hydrogens is 464 g/mol. The molecule has 186 valence electrons. The Balaban J connectivity index is 1.58. The number of fused-ring (bicyclic) bond motifs is 2. The largest absolute Gasteiger partial charge is 0.452 e. The molecule has 1 saturated heterocycles. The van der Waals surface area contributed by atoms with E-state index < -0.39 is 60.8 Å². The number of aromatic nitrogens is 2. The van der Waals surface area contributed by atoms with Crippen LogP contribution in [0.1, 0.15) is 40.8 Å². The van der Waals surface area contributed by atoms with Gasteiger partial charge in [-0.3, -0.25) is 4.57 Å². The summed E-state index contributed by atoms with van der Waals surface area (Å²) in [6, 6.07) is 6.40. The van der Waals surface area contributed by atoms with Crippen molar-refractivity contribution < 1.29 is 38.5 Å². The summed E-state index contributed by atoms with van der Waals surface area (Å²) < 4.78 is 17.8. The van der Waals surface area contributed by atoms with Gasteiger partial charge in [-0.05, 0) is 18.1 Å². The predicted molar refractivity (Wildman–Crippen MR) is 117 cm³/mol. The van der Waals surface area contributed by atoms with Gasteiger partial charge in [0.1, 0.15) is 12.1 Å². The van der Waals surface area contributed by atoms with Crippen LogP contribution in [0, 0.1) is 5.92 Å². The van der Waals surface area contributed by atoms with Crippen LogP contribution in [0.2, 0.25) is 0 Å². The number of aliphatic hydroxyl groups is 1. The third-order valence-electron chi connectivity index (χ3n) is 5.67. The fourth-order valence-corrected chi connectivity index (χ4v) is 3.67. The minimum absolute atomic E-state index is 0.00594. The Bertz CT molecular complexity index is 1200. The summed E-state index contributed by atoms with van der Waals surface area (Å²) in [4.78, 5) is 58.7. The van der Waals surface area contributed by atoms with E-state index in [0.29, 0.717) is 0 Å². The molecule has 13 heteroatoms. The number of nitrogens with zero attached hydrogens (tertiary/aromatic N) is 2. The highest BCUT2D eigenvalue weighted by molar-refractivity contribution is 6.03. The maximum Gasteiger partial charge on any atom is 0.351 e. The summed E-state index contributed by atoms with van der Waals surface area (Å²) >= 11 is 0. The Morgan fingerprint density at radius 2 is 1.77 bits per heavy atom. The maximum atomic E-state index is 12.8. The monoisotopic (exact) mass is 488 g/mol. The number of aliphatic hydroxyl groups excluding tert-OH is 1. The number of carbonyl (C=O) groups is 3. The van der Waals surface area contributed by atoms with Crippen molar-refractivity contribution in [3.63, 3.8) is 0 Å². The van der Waals surface area contributed by atoms with E-state index in [1.54, 1.807) is 26.0 Å². The van der Waals surface area contributed by atoms with Crippen LogP contribution in [0.3, 0.4) is 0 Å². The molecule has 13 nitrogen and oxygen atoms in total. The van der Waals surface area contributed by atoms with Crippen molar-refractivity contribution in [1.82, 2.24) is 9.55 Å². The first-order chi connectivity index (χ1) is 16.7.